The maximum absolute atomic E-state index is 14.2. The summed E-state index contributed by atoms with van der Waals surface area (Å²) < 4.78 is 14.2. The summed E-state index contributed by atoms with van der Waals surface area (Å²) in [6, 6.07) is 6.84. The van der Waals surface area contributed by atoms with Gasteiger partial charge >= 0.3 is 0 Å². The summed E-state index contributed by atoms with van der Waals surface area (Å²) in [5.74, 6) is 1.95. The predicted molar refractivity (Wildman–Crippen MR) is 109 cm³/mol. The Bertz CT molecular complexity index is 844. The van der Waals surface area contributed by atoms with E-state index in [4.69, 9.17) is 4.98 Å². The van der Waals surface area contributed by atoms with Crippen molar-refractivity contribution in [3.8, 4) is 0 Å². The fraction of sp³-hybridized carbons (Fsp3) is 0.500. The normalized spacial score (nSPS) is 14.6. The molecule has 5 nitrogen and oxygen atoms in total. The topological polar surface area (TPSA) is 49.3 Å². The number of amides is 1. The Morgan fingerprint density at radius 3 is 2.43 bits per heavy atom. The number of halogens is 1. The van der Waals surface area contributed by atoms with Gasteiger partial charge in [0.15, 0.2) is 0 Å². The zero-order valence-corrected chi connectivity index (χ0v) is 17.2. The number of aryl methyl sites for hydroxylation is 2. The summed E-state index contributed by atoms with van der Waals surface area (Å²) in [5.41, 5.74) is 2.48. The Hall–Kier alpha value is -2.50. The van der Waals surface area contributed by atoms with Crippen molar-refractivity contribution in [3.05, 3.63) is 52.7 Å². The van der Waals surface area contributed by atoms with E-state index in [2.05, 4.69) is 23.7 Å². The molecular formula is C22H29FN4O. The van der Waals surface area contributed by atoms with Crippen LogP contribution in [0.15, 0.2) is 24.3 Å². The SMILES string of the molecule is Cc1nc(C)c(Cc2ccccc2F)c(N2CCN(C(=O)CC(C)C)CC2)n1. The summed E-state index contributed by atoms with van der Waals surface area (Å²) in [6.07, 6.45) is 1.05. The lowest BCUT2D eigenvalue weighted by molar-refractivity contribution is -0.132. The smallest absolute Gasteiger partial charge is 0.222 e. The Morgan fingerprint density at radius 2 is 1.79 bits per heavy atom. The van der Waals surface area contributed by atoms with Crippen LogP contribution in [-0.4, -0.2) is 47.0 Å². The van der Waals surface area contributed by atoms with E-state index in [1.54, 1.807) is 12.1 Å². The van der Waals surface area contributed by atoms with Crippen molar-refractivity contribution in [1.82, 2.24) is 14.9 Å². The monoisotopic (exact) mass is 384 g/mol. The van der Waals surface area contributed by atoms with Crippen LogP contribution in [0.2, 0.25) is 0 Å². The number of piperazine rings is 1. The lowest BCUT2D eigenvalue weighted by atomic mass is 10.0. The van der Waals surface area contributed by atoms with Gasteiger partial charge in [-0.2, -0.15) is 0 Å². The van der Waals surface area contributed by atoms with Gasteiger partial charge in [-0.3, -0.25) is 4.79 Å². The molecule has 0 unspecified atom stereocenters. The molecule has 0 atom stereocenters. The number of aromatic nitrogens is 2. The molecule has 0 saturated carbocycles. The number of carbonyl (C=O) groups is 1. The molecule has 1 aromatic heterocycles. The van der Waals surface area contributed by atoms with E-state index in [-0.39, 0.29) is 11.7 Å². The van der Waals surface area contributed by atoms with E-state index in [0.717, 1.165) is 30.2 Å². The molecule has 0 aliphatic carbocycles. The van der Waals surface area contributed by atoms with Crippen LogP contribution in [0.25, 0.3) is 0 Å². The molecule has 0 spiro atoms. The molecule has 0 N–H and O–H groups in total. The van der Waals surface area contributed by atoms with Gasteiger partial charge in [0.25, 0.3) is 0 Å². The number of hydrogen-bond donors (Lipinski definition) is 0. The molecule has 1 aromatic carbocycles. The Morgan fingerprint density at radius 1 is 1.11 bits per heavy atom. The van der Waals surface area contributed by atoms with Gasteiger partial charge in [-0.1, -0.05) is 32.0 Å². The number of rotatable bonds is 5. The first-order chi connectivity index (χ1) is 13.3. The zero-order valence-electron chi connectivity index (χ0n) is 17.2. The van der Waals surface area contributed by atoms with E-state index in [1.165, 1.54) is 6.07 Å². The molecule has 3 rings (SSSR count). The van der Waals surface area contributed by atoms with E-state index >= 15 is 0 Å². The second-order valence-electron chi connectivity index (χ2n) is 7.89. The van der Waals surface area contributed by atoms with E-state index in [1.807, 2.05) is 24.8 Å². The van der Waals surface area contributed by atoms with E-state index in [9.17, 15) is 9.18 Å². The minimum Gasteiger partial charge on any atom is -0.353 e. The average molecular weight is 384 g/mol. The van der Waals surface area contributed by atoms with Crippen molar-refractivity contribution in [1.29, 1.82) is 0 Å². The molecular weight excluding hydrogens is 355 g/mol. The van der Waals surface area contributed by atoms with Crippen molar-refractivity contribution in [3.63, 3.8) is 0 Å². The highest BCUT2D eigenvalue weighted by Crippen LogP contribution is 2.26. The summed E-state index contributed by atoms with van der Waals surface area (Å²) in [6.45, 7) is 10.8. The number of carbonyl (C=O) groups excluding carboxylic acids is 1. The Labute approximate surface area is 166 Å². The van der Waals surface area contributed by atoms with Crippen molar-refractivity contribution in [2.24, 2.45) is 5.92 Å². The van der Waals surface area contributed by atoms with Crippen LogP contribution in [0.4, 0.5) is 10.2 Å². The highest BCUT2D eigenvalue weighted by atomic mass is 19.1. The molecule has 1 aliphatic rings. The standard InChI is InChI=1S/C22H29FN4O/c1-15(2)13-21(28)26-9-11-27(12-10-26)22-19(16(3)24-17(4)25-22)14-18-7-5-6-8-20(18)23/h5-8,15H,9-14H2,1-4H3. The van der Waals surface area contributed by atoms with Crippen LogP contribution in [0.1, 0.15) is 42.9 Å². The van der Waals surface area contributed by atoms with Crippen molar-refractivity contribution in [2.75, 3.05) is 31.1 Å². The van der Waals surface area contributed by atoms with Crippen LogP contribution >= 0.6 is 0 Å². The lowest BCUT2D eigenvalue weighted by Gasteiger charge is -2.37. The average Bonchev–Trinajstić information content (AvgIpc) is 2.65. The van der Waals surface area contributed by atoms with Gasteiger partial charge in [0.2, 0.25) is 5.91 Å². The first kappa shape index (κ1) is 20.2. The van der Waals surface area contributed by atoms with Gasteiger partial charge in [-0.25, -0.2) is 14.4 Å². The van der Waals surface area contributed by atoms with Crippen molar-refractivity contribution >= 4 is 11.7 Å². The molecule has 2 aromatic rings. The molecule has 1 aliphatic heterocycles. The van der Waals surface area contributed by atoms with Crippen LogP contribution in [0.5, 0.6) is 0 Å². The highest BCUT2D eigenvalue weighted by Gasteiger charge is 2.25. The number of benzene rings is 1. The molecule has 2 heterocycles. The van der Waals surface area contributed by atoms with E-state index in [0.29, 0.717) is 43.2 Å². The largest absolute Gasteiger partial charge is 0.353 e. The number of anilines is 1. The number of nitrogens with zero attached hydrogens (tertiary/aromatic N) is 4. The second kappa shape index (κ2) is 8.67. The summed E-state index contributed by atoms with van der Waals surface area (Å²) in [5, 5.41) is 0. The van der Waals surface area contributed by atoms with Crippen molar-refractivity contribution in [2.45, 2.75) is 40.5 Å². The minimum atomic E-state index is -0.211. The van der Waals surface area contributed by atoms with Crippen molar-refractivity contribution < 1.29 is 9.18 Å². The van der Waals surface area contributed by atoms with Gasteiger partial charge in [0.1, 0.15) is 17.5 Å². The van der Waals surface area contributed by atoms with Crippen LogP contribution in [0.3, 0.4) is 0 Å². The van der Waals surface area contributed by atoms with E-state index < -0.39 is 0 Å². The predicted octanol–water partition coefficient (Wildman–Crippen LogP) is 3.52. The molecule has 1 amide bonds. The minimum absolute atomic E-state index is 0.211. The maximum atomic E-state index is 14.2. The molecule has 0 radical (unpaired) electrons. The third-order valence-corrected chi connectivity index (χ3v) is 5.14. The molecule has 150 valence electrons. The maximum Gasteiger partial charge on any atom is 0.222 e. The van der Waals surface area contributed by atoms with Gasteiger partial charge in [0.05, 0.1) is 0 Å². The van der Waals surface area contributed by atoms with Gasteiger partial charge < -0.3 is 9.80 Å². The van der Waals surface area contributed by atoms with Crippen LogP contribution in [0, 0.1) is 25.6 Å². The summed E-state index contributed by atoms with van der Waals surface area (Å²) in [4.78, 5) is 25.7. The first-order valence-corrected chi connectivity index (χ1v) is 9.95. The highest BCUT2D eigenvalue weighted by molar-refractivity contribution is 5.76. The fourth-order valence-corrected chi connectivity index (χ4v) is 3.66. The second-order valence-corrected chi connectivity index (χ2v) is 7.89. The first-order valence-electron chi connectivity index (χ1n) is 9.95. The lowest BCUT2D eigenvalue weighted by Crippen LogP contribution is -2.49. The Kier molecular flexibility index (Phi) is 6.27. The molecule has 28 heavy (non-hydrogen) atoms. The van der Waals surface area contributed by atoms with Crippen LogP contribution < -0.4 is 4.90 Å². The van der Waals surface area contributed by atoms with Gasteiger partial charge in [-0.15, -0.1) is 0 Å². The molecule has 6 heteroatoms. The molecule has 1 fully saturated rings. The fourth-order valence-electron chi connectivity index (χ4n) is 3.66. The zero-order chi connectivity index (χ0) is 20.3. The molecule has 0 bridgehead atoms. The third-order valence-electron chi connectivity index (χ3n) is 5.14. The summed E-state index contributed by atoms with van der Waals surface area (Å²) >= 11 is 0. The quantitative estimate of drug-likeness (QED) is 0.791. The Balaban J connectivity index is 1.81. The van der Waals surface area contributed by atoms with Crippen LogP contribution in [-0.2, 0) is 11.2 Å². The van der Waals surface area contributed by atoms with Gasteiger partial charge in [0, 0.05) is 50.3 Å². The molecule has 1 saturated heterocycles. The number of hydrogen-bond acceptors (Lipinski definition) is 4. The third kappa shape index (κ3) is 4.66. The summed E-state index contributed by atoms with van der Waals surface area (Å²) in [7, 11) is 0. The van der Waals surface area contributed by atoms with Gasteiger partial charge in [-0.05, 0) is 31.4 Å².